The van der Waals surface area contributed by atoms with E-state index in [0.717, 1.165) is 38.5 Å². The second-order valence-corrected chi connectivity index (χ2v) is 5.93. The summed E-state index contributed by atoms with van der Waals surface area (Å²) in [5.41, 5.74) is 0. The van der Waals surface area contributed by atoms with E-state index in [0.29, 0.717) is 19.6 Å². The molecule has 0 saturated carbocycles. The van der Waals surface area contributed by atoms with Crippen LogP contribution < -0.4 is 0 Å². The molecular weight excluding hydrogens is 266 g/mol. The molecule has 0 bridgehead atoms. The smallest absolute Gasteiger partial charge is 0.328 e. The molecule has 0 aromatic rings. The topological polar surface area (TPSA) is 46.6 Å². The lowest BCUT2D eigenvalue weighted by molar-refractivity contribution is -0.153. The van der Waals surface area contributed by atoms with Gasteiger partial charge in [0.2, 0.25) is 5.91 Å². The van der Waals surface area contributed by atoms with Gasteiger partial charge < -0.3 is 9.64 Å². The molecule has 1 atom stereocenters. The molecule has 0 spiro atoms. The van der Waals surface area contributed by atoms with E-state index in [9.17, 15) is 9.59 Å². The molecule has 1 unspecified atom stereocenters. The third kappa shape index (κ3) is 6.49. The van der Waals surface area contributed by atoms with Gasteiger partial charge in [0.05, 0.1) is 6.61 Å². The highest BCUT2D eigenvalue weighted by Gasteiger charge is 2.34. The van der Waals surface area contributed by atoms with E-state index in [-0.39, 0.29) is 17.9 Å². The summed E-state index contributed by atoms with van der Waals surface area (Å²) < 4.78 is 5.27. The fourth-order valence-corrected chi connectivity index (χ4v) is 2.75. The Balaban J connectivity index is 2.30. The number of unbranched alkanes of at least 4 members (excludes halogenated alkanes) is 5. The van der Waals surface area contributed by atoms with E-state index < -0.39 is 0 Å². The number of ether oxygens (including phenoxy) is 1. The Labute approximate surface area is 129 Å². The zero-order chi connectivity index (χ0) is 15.5. The normalized spacial score (nSPS) is 18.0. The van der Waals surface area contributed by atoms with Crippen LogP contribution in [-0.4, -0.2) is 36.0 Å². The number of hydrogen-bond donors (Lipinski definition) is 0. The largest absolute Gasteiger partial charge is 0.464 e. The van der Waals surface area contributed by atoms with Crippen molar-refractivity contribution in [1.82, 2.24) is 4.90 Å². The van der Waals surface area contributed by atoms with E-state index in [2.05, 4.69) is 13.8 Å². The second kappa shape index (κ2) is 10.6. The van der Waals surface area contributed by atoms with Gasteiger partial charge in [0.1, 0.15) is 6.04 Å². The molecule has 1 rings (SSSR count). The molecule has 1 saturated heterocycles. The lowest BCUT2D eigenvalue weighted by Gasteiger charge is -2.23. The molecule has 4 nitrogen and oxygen atoms in total. The molecular formula is C17H31NO3. The Hall–Kier alpha value is -1.06. The molecule has 1 aliphatic heterocycles. The molecule has 122 valence electrons. The van der Waals surface area contributed by atoms with Crippen molar-refractivity contribution in [1.29, 1.82) is 0 Å². The van der Waals surface area contributed by atoms with Crippen molar-refractivity contribution in [2.45, 2.75) is 84.1 Å². The average Bonchev–Trinajstić information content (AvgIpc) is 2.96. The van der Waals surface area contributed by atoms with Crippen LogP contribution in [0, 0.1) is 0 Å². The van der Waals surface area contributed by atoms with Crippen LogP contribution in [0.1, 0.15) is 78.1 Å². The van der Waals surface area contributed by atoms with Crippen LogP contribution in [0.5, 0.6) is 0 Å². The SMILES string of the molecule is CCCCCCCC(=O)N1CCCC1C(=O)OCCCC. The number of nitrogens with zero attached hydrogens (tertiary/aromatic N) is 1. The van der Waals surface area contributed by atoms with E-state index in [1.807, 2.05) is 0 Å². The molecule has 0 radical (unpaired) electrons. The van der Waals surface area contributed by atoms with Gasteiger partial charge in [0, 0.05) is 13.0 Å². The number of rotatable bonds is 10. The van der Waals surface area contributed by atoms with E-state index in [4.69, 9.17) is 4.74 Å². The molecule has 21 heavy (non-hydrogen) atoms. The fraction of sp³-hybridized carbons (Fsp3) is 0.882. The predicted octanol–water partition coefficient (Wildman–Crippen LogP) is 3.68. The van der Waals surface area contributed by atoms with E-state index >= 15 is 0 Å². The standard InChI is InChI=1S/C17H31NO3/c1-3-5-7-8-9-12-16(19)18-13-10-11-15(18)17(20)21-14-6-4-2/h15H,3-14H2,1-2H3. The summed E-state index contributed by atoms with van der Waals surface area (Å²) in [6.45, 7) is 5.44. The van der Waals surface area contributed by atoms with Crippen LogP contribution in [0.2, 0.25) is 0 Å². The van der Waals surface area contributed by atoms with Gasteiger partial charge in [-0.3, -0.25) is 4.79 Å². The van der Waals surface area contributed by atoms with Crippen LogP contribution in [0.3, 0.4) is 0 Å². The molecule has 1 amide bonds. The molecule has 0 aromatic heterocycles. The van der Waals surface area contributed by atoms with Crippen LogP contribution >= 0.6 is 0 Å². The highest BCUT2D eigenvalue weighted by molar-refractivity contribution is 5.85. The molecule has 1 fully saturated rings. The number of carbonyl (C=O) groups is 2. The lowest BCUT2D eigenvalue weighted by atomic mass is 10.1. The Morgan fingerprint density at radius 2 is 1.76 bits per heavy atom. The highest BCUT2D eigenvalue weighted by Crippen LogP contribution is 2.20. The van der Waals surface area contributed by atoms with E-state index in [1.54, 1.807) is 4.90 Å². The maximum atomic E-state index is 12.2. The fourth-order valence-electron chi connectivity index (χ4n) is 2.75. The van der Waals surface area contributed by atoms with Gasteiger partial charge in [-0.1, -0.05) is 46.0 Å². The molecule has 0 aliphatic carbocycles. The summed E-state index contributed by atoms with van der Waals surface area (Å²) >= 11 is 0. The Morgan fingerprint density at radius 1 is 1.05 bits per heavy atom. The van der Waals surface area contributed by atoms with Crippen LogP contribution in [0.4, 0.5) is 0 Å². The minimum atomic E-state index is -0.329. The average molecular weight is 297 g/mol. The third-order valence-electron chi connectivity index (χ3n) is 4.08. The van der Waals surface area contributed by atoms with Crippen molar-refractivity contribution in [2.75, 3.05) is 13.2 Å². The molecule has 0 aromatic carbocycles. The summed E-state index contributed by atoms with van der Waals surface area (Å²) in [4.78, 5) is 26.0. The summed E-state index contributed by atoms with van der Waals surface area (Å²) in [5, 5.41) is 0. The first-order valence-electron chi connectivity index (χ1n) is 8.66. The number of amides is 1. The van der Waals surface area contributed by atoms with Gasteiger partial charge in [-0.05, 0) is 25.7 Å². The number of likely N-dealkylation sites (tertiary alicyclic amines) is 1. The summed E-state index contributed by atoms with van der Waals surface area (Å²) in [5.74, 6) is -0.0817. The molecule has 1 heterocycles. The van der Waals surface area contributed by atoms with Crippen molar-refractivity contribution in [3.63, 3.8) is 0 Å². The first-order chi connectivity index (χ1) is 10.2. The summed E-state index contributed by atoms with van der Waals surface area (Å²) in [6, 6.07) is -0.329. The second-order valence-electron chi connectivity index (χ2n) is 5.93. The van der Waals surface area contributed by atoms with Crippen molar-refractivity contribution in [3.05, 3.63) is 0 Å². The third-order valence-corrected chi connectivity index (χ3v) is 4.08. The zero-order valence-electron chi connectivity index (χ0n) is 13.7. The zero-order valence-corrected chi connectivity index (χ0v) is 13.7. The first-order valence-corrected chi connectivity index (χ1v) is 8.66. The lowest BCUT2D eigenvalue weighted by Crippen LogP contribution is -2.41. The van der Waals surface area contributed by atoms with Gasteiger partial charge in [-0.2, -0.15) is 0 Å². The monoisotopic (exact) mass is 297 g/mol. The van der Waals surface area contributed by atoms with Gasteiger partial charge in [0.15, 0.2) is 0 Å². The van der Waals surface area contributed by atoms with Gasteiger partial charge >= 0.3 is 5.97 Å². The van der Waals surface area contributed by atoms with Crippen LogP contribution in [0.25, 0.3) is 0 Å². The Bertz CT molecular complexity index is 317. The van der Waals surface area contributed by atoms with Gasteiger partial charge in [0.25, 0.3) is 0 Å². The van der Waals surface area contributed by atoms with Gasteiger partial charge in [-0.15, -0.1) is 0 Å². The molecule has 0 N–H and O–H groups in total. The predicted molar refractivity (Wildman–Crippen MR) is 84.0 cm³/mol. The number of esters is 1. The van der Waals surface area contributed by atoms with Crippen molar-refractivity contribution in [3.8, 4) is 0 Å². The number of carbonyl (C=O) groups excluding carboxylic acids is 2. The van der Waals surface area contributed by atoms with Crippen LogP contribution in [0.15, 0.2) is 0 Å². The first kappa shape index (κ1) is 18.0. The molecule has 4 heteroatoms. The Kier molecular flexibility index (Phi) is 9.11. The Morgan fingerprint density at radius 3 is 2.48 bits per heavy atom. The van der Waals surface area contributed by atoms with Crippen molar-refractivity contribution in [2.24, 2.45) is 0 Å². The van der Waals surface area contributed by atoms with E-state index in [1.165, 1.54) is 19.3 Å². The van der Waals surface area contributed by atoms with Crippen molar-refractivity contribution >= 4 is 11.9 Å². The quantitative estimate of drug-likeness (QED) is 0.456. The summed E-state index contributed by atoms with van der Waals surface area (Å²) in [7, 11) is 0. The maximum Gasteiger partial charge on any atom is 0.328 e. The summed E-state index contributed by atoms with van der Waals surface area (Å²) in [6.07, 6.45) is 9.85. The highest BCUT2D eigenvalue weighted by atomic mass is 16.5. The van der Waals surface area contributed by atoms with Crippen LogP contribution in [-0.2, 0) is 14.3 Å². The van der Waals surface area contributed by atoms with Gasteiger partial charge in [-0.25, -0.2) is 4.79 Å². The maximum absolute atomic E-state index is 12.2. The number of hydrogen-bond acceptors (Lipinski definition) is 3. The van der Waals surface area contributed by atoms with Crippen molar-refractivity contribution < 1.29 is 14.3 Å². The minimum Gasteiger partial charge on any atom is -0.464 e. The molecule has 1 aliphatic rings. The minimum absolute atomic E-state index is 0.126.